The van der Waals surface area contributed by atoms with Gasteiger partial charge in [-0.3, -0.25) is 19.7 Å². The van der Waals surface area contributed by atoms with Crippen LogP contribution in [0.15, 0.2) is 24.3 Å². The van der Waals surface area contributed by atoms with Crippen LogP contribution >= 0.6 is 0 Å². The molecule has 1 amide bonds. The summed E-state index contributed by atoms with van der Waals surface area (Å²) in [5.41, 5.74) is 0.619. The van der Waals surface area contributed by atoms with Gasteiger partial charge in [-0.2, -0.15) is 0 Å². The molecule has 0 aliphatic heterocycles. The number of benzene rings is 1. The van der Waals surface area contributed by atoms with E-state index in [9.17, 15) is 19.7 Å². The van der Waals surface area contributed by atoms with E-state index < -0.39 is 10.9 Å². The van der Waals surface area contributed by atoms with Crippen LogP contribution in [0.4, 0.5) is 5.69 Å². The Morgan fingerprint density at radius 3 is 2.37 bits per heavy atom. The van der Waals surface area contributed by atoms with Crippen LogP contribution in [0.25, 0.3) is 0 Å². The molecular formula is C12H14N2O5. The average molecular weight is 266 g/mol. The molecule has 0 aliphatic rings. The third-order valence-corrected chi connectivity index (χ3v) is 2.59. The monoisotopic (exact) mass is 266 g/mol. The van der Waals surface area contributed by atoms with Gasteiger partial charge < -0.3 is 10.0 Å². The van der Waals surface area contributed by atoms with Crippen LogP contribution in [0.1, 0.15) is 12.0 Å². The predicted molar refractivity (Wildman–Crippen MR) is 66.7 cm³/mol. The average Bonchev–Trinajstić information content (AvgIpc) is 2.36. The molecule has 7 nitrogen and oxygen atoms in total. The van der Waals surface area contributed by atoms with Gasteiger partial charge in [0, 0.05) is 25.7 Å². The number of hydrogen-bond donors (Lipinski definition) is 1. The Morgan fingerprint density at radius 1 is 1.32 bits per heavy atom. The molecule has 19 heavy (non-hydrogen) atoms. The molecule has 0 saturated carbocycles. The van der Waals surface area contributed by atoms with Gasteiger partial charge in [0.25, 0.3) is 5.69 Å². The van der Waals surface area contributed by atoms with Gasteiger partial charge in [-0.05, 0) is 5.56 Å². The summed E-state index contributed by atoms with van der Waals surface area (Å²) in [5, 5.41) is 19.0. The summed E-state index contributed by atoms with van der Waals surface area (Å²) < 4.78 is 0. The number of amides is 1. The molecule has 0 atom stereocenters. The third kappa shape index (κ3) is 4.74. The Bertz CT molecular complexity index is 483. The Morgan fingerprint density at radius 2 is 1.89 bits per heavy atom. The Hall–Kier alpha value is -2.44. The fourth-order valence-electron chi connectivity index (χ4n) is 1.43. The van der Waals surface area contributed by atoms with E-state index >= 15 is 0 Å². The maximum absolute atomic E-state index is 11.7. The molecule has 0 aliphatic carbocycles. The first-order valence-electron chi connectivity index (χ1n) is 5.59. The highest BCUT2D eigenvalue weighted by Gasteiger charge is 2.12. The van der Waals surface area contributed by atoms with E-state index in [-0.39, 0.29) is 31.0 Å². The number of hydrogen-bond acceptors (Lipinski definition) is 4. The summed E-state index contributed by atoms with van der Waals surface area (Å²) in [6, 6.07) is 5.70. The van der Waals surface area contributed by atoms with Crippen molar-refractivity contribution < 1.29 is 19.6 Å². The second kappa shape index (κ2) is 6.48. The number of rotatable bonds is 6. The topological polar surface area (TPSA) is 101 Å². The maximum Gasteiger partial charge on any atom is 0.305 e. The second-order valence-electron chi connectivity index (χ2n) is 4.06. The summed E-state index contributed by atoms with van der Waals surface area (Å²) >= 11 is 0. The van der Waals surface area contributed by atoms with Gasteiger partial charge in [0.2, 0.25) is 5.91 Å². The van der Waals surface area contributed by atoms with E-state index in [2.05, 4.69) is 0 Å². The second-order valence-corrected chi connectivity index (χ2v) is 4.06. The number of carboxylic acids is 1. The zero-order valence-electron chi connectivity index (χ0n) is 10.4. The molecule has 0 saturated heterocycles. The SMILES string of the molecule is CN(CCC(=O)O)C(=O)Cc1ccc([N+](=O)[O-])cc1. The van der Waals surface area contributed by atoms with Gasteiger partial charge in [-0.25, -0.2) is 0 Å². The lowest BCUT2D eigenvalue weighted by Crippen LogP contribution is -2.30. The van der Waals surface area contributed by atoms with Crippen molar-refractivity contribution in [3.63, 3.8) is 0 Å². The number of carbonyl (C=O) groups excluding carboxylic acids is 1. The third-order valence-electron chi connectivity index (χ3n) is 2.59. The summed E-state index contributed by atoms with van der Waals surface area (Å²) in [6.07, 6.45) is -0.0172. The molecule has 0 fully saturated rings. The molecule has 0 unspecified atom stereocenters. The van der Waals surface area contributed by atoms with E-state index in [0.717, 1.165) is 0 Å². The molecule has 0 spiro atoms. The van der Waals surface area contributed by atoms with Crippen LogP contribution in [-0.2, 0) is 16.0 Å². The first kappa shape index (κ1) is 14.6. The molecule has 0 radical (unpaired) electrons. The van der Waals surface area contributed by atoms with Crippen LogP contribution in [-0.4, -0.2) is 40.4 Å². The lowest BCUT2D eigenvalue weighted by atomic mass is 10.1. The summed E-state index contributed by atoms with van der Waals surface area (Å²) in [4.78, 5) is 33.4. The number of aliphatic carboxylic acids is 1. The quantitative estimate of drug-likeness (QED) is 0.613. The van der Waals surface area contributed by atoms with Crippen LogP contribution in [0.3, 0.4) is 0 Å². The number of nitrogens with zero attached hydrogens (tertiary/aromatic N) is 2. The molecule has 1 aromatic carbocycles. The number of likely N-dealkylation sites (N-methyl/N-ethyl adjacent to an activating group) is 1. The molecule has 0 bridgehead atoms. The Balaban J connectivity index is 2.56. The predicted octanol–water partition coefficient (Wildman–Crippen LogP) is 1.07. The van der Waals surface area contributed by atoms with E-state index in [4.69, 9.17) is 5.11 Å². The van der Waals surface area contributed by atoms with Gasteiger partial charge in [-0.15, -0.1) is 0 Å². The lowest BCUT2D eigenvalue weighted by molar-refractivity contribution is -0.384. The minimum atomic E-state index is -0.963. The summed E-state index contributed by atoms with van der Waals surface area (Å²) in [5.74, 6) is -1.19. The molecule has 0 aromatic heterocycles. The Labute approximate surface area is 109 Å². The van der Waals surface area contributed by atoms with Crippen LogP contribution < -0.4 is 0 Å². The fourth-order valence-corrected chi connectivity index (χ4v) is 1.43. The standard InChI is InChI=1S/C12H14N2O5/c1-13(7-6-12(16)17)11(15)8-9-2-4-10(5-3-9)14(18)19/h2-5H,6-8H2,1H3,(H,16,17). The van der Waals surface area contributed by atoms with E-state index in [1.807, 2.05) is 0 Å². The normalized spacial score (nSPS) is 9.95. The first-order chi connectivity index (χ1) is 8.90. The van der Waals surface area contributed by atoms with Gasteiger partial charge >= 0.3 is 5.97 Å². The minimum absolute atomic E-state index is 0.0320. The zero-order valence-corrected chi connectivity index (χ0v) is 10.4. The van der Waals surface area contributed by atoms with Crippen molar-refractivity contribution in [2.24, 2.45) is 0 Å². The molecule has 7 heteroatoms. The van der Waals surface area contributed by atoms with Crippen LogP contribution in [0, 0.1) is 10.1 Å². The number of nitro benzene ring substituents is 1. The highest BCUT2D eigenvalue weighted by atomic mass is 16.6. The number of nitro groups is 1. The van der Waals surface area contributed by atoms with Crippen molar-refractivity contribution in [3.8, 4) is 0 Å². The van der Waals surface area contributed by atoms with Crippen LogP contribution in [0.5, 0.6) is 0 Å². The molecular weight excluding hydrogens is 252 g/mol. The smallest absolute Gasteiger partial charge is 0.305 e. The van der Waals surface area contributed by atoms with Gasteiger partial charge in [0.1, 0.15) is 0 Å². The van der Waals surface area contributed by atoms with E-state index in [1.165, 1.54) is 36.2 Å². The molecule has 1 N–H and O–H groups in total. The number of carboxylic acid groups (broad SMARTS) is 1. The van der Waals surface area contributed by atoms with Crippen molar-refractivity contribution in [2.45, 2.75) is 12.8 Å². The van der Waals surface area contributed by atoms with Gasteiger partial charge in [-0.1, -0.05) is 12.1 Å². The summed E-state index contributed by atoms with van der Waals surface area (Å²) in [6.45, 7) is 0.140. The zero-order chi connectivity index (χ0) is 14.4. The number of non-ortho nitro benzene ring substituents is 1. The maximum atomic E-state index is 11.7. The molecule has 1 rings (SSSR count). The fraction of sp³-hybridized carbons (Fsp3) is 0.333. The van der Waals surface area contributed by atoms with Crippen molar-refractivity contribution in [1.82, 2.24) is 4.90 Å². The molecule has 1 aromatic rings. The highest BCUT2D eigenvalue weighted by Crippen LogP contribution is 2.12. The number of carbonyl (C=O) groups is 2. The van der Waals surface area contributed by atoms with E-state index in [1.54, 1.807) is 0 Å². The van der Waals surface area contributed by atoms with Gasteiger partial charge in [0.15, 0.2) is 0 Å². The van der Waals surface area contributed by atoms with Crippen LogP contribution in [0.2, 0.25) is 0 Å². The molecule has 0 heterocycles. The van der Waals surface area contributed by atoms with Crippen molar-refractivity contribution in [3.05, 3.63) is 39.9 Å². The van der Waals surface area contributed by atoms with Crippen molar-refractivity contribution in [1.29, 1.82) is 0 Å². The van der Waals surface area contributed by atoms with E-state index in [0.29, 0.717) is 5.56 Å². The largest absolute Gasteiger partial charge is 0.481 e. The van der Waals surface area contributed by atoms with Crippen molar-refractivity contribution >= 4 is 17.6 Å². The Kier molecular flexibility index (Phi) is 4.99. The van der Waals surface area contributed by atoms with Crippen molar-refractivity contribution in [2.75, 3.05) is 13.6 Å². The first-order valence-corrected chi connectivity index (χ1v) is 5.59. The highest BCUT2D eigenvalue weighted by molar-refractivity contribution is 5.79. The lowest BCUT2D eigenvalue weighted by Gasteiger charge is -2.15. The minimum Gasteiger partial charge on any atom is -0.481 e. The molecule has 102 valence electrons. The summed E-state index contributed by atoms with van der Waals surface area (Å²) in [7, 11) is 1.52. The van der Waals surface area contributed by atoms with Gasteiger partial charge in [0.05, 0.1) is 17.8 Å².